The summed E-state index contributed by atoms with van der Waals surface area (Å²) in [6, 6.07) is 0. The first-order chi connectivity index (χ1) is 6.74. The van der Waals surface area contributed by atoms with E-state index in [9.17, 15) is 5.11 Å². The minimum absolute atomic E-state index is 0.159. The molecule has 3 nitrogen and oxygen atoms in total. The van der Waals surface area contributed by atoms with Crippen LogP contribution >= 0.6 is 0 Å². The van der Waals surface area contributed by atoms with Crippen molar-refractivity contribution < 1.29 is 9.84 Å². The topological polar surface area (TPSA) is 32.7 Å². The van der Waals surface area contributed by atoms with Gasteiger partial charge in [0, 0.05) is 19.1 Å². The van der Waals surface area contributed by atoms with Crippen molar-refractivity contribution in [3.8, 4) is 0 Å². The van der Waals surface area contributed by atoms with Crippen LogP contribution in [0.4, 0.5) is 0 Å². The van der Waals surface area contributed by atoms with Crippen molar-refractivity contribution in [3.63, 3.8) is 0 Å². The van der Waals surface area contributed by atoms with E-state index in [1.807, 2.05) is 0 Å². The predicted octanol–water partition coefficient (Wildman–Crippen LogP) is 1.12. The molecule has 1 heterocycles. The average Bonchev–Trinajstić information content (AvgIpc) is 2.18. The first-order valence-electron chi connectivity index (χ1n) is 5.68. The molecule has 1 rings (SSSR count). The van der Waals surface area contributed by atoms with Crippen LogP contribution in [-0.2, 0) is 4.74 Å². The molecule has 14 heavy (non-hydrogen) atoms. The highest BCUT2D eigenvalue weighted by molar-refractivity contribution is 4.75. The van der Waals surface area contributed by atoms with Crippen LogP contribution < -0.4 is 0 Å². The van der Waals surface area contributed by atoms with Gasteiger partial charge in [-0.3, -0.25) is 0 Å². The molecular formula is C11H23NO2. The molecule has 1 aliphatic rings. The zero-order valence-electron chi connectivity index (χ0n) is 9.41. The van der Waals surface area contributed by atoms with Gasteiger partial charge in [0.05, 0.1) is 12.7 Å². The molecule has 1 fully saturated rings. The van der Waals surface area contributed by atoms with Crippen LogP contribution in [0, 0.1) is 5.92 Å². The number of nitrogens with zero attached hydrogens (tertiary/aromatic N) is 1. The van der Waals surface area contributed by atoms with Crippen molar-refractivity contribution in [1.29, 1.82) is 0 Å². The minimum Gasteiger partial charge on any atom is -0.393 e. The SMILES string of the molecule is CCCCN(C)CC1COCCC1O. The van der Waals surface area contributed by atoms with Crippen molar-refractivity contribution >= 4 is 0 Å². The second kappa shape index (κ2) is 6.38. The Labute approximate surface area is 87.1 Å². The van der Waals surface area contributed by atoms with Gasteiger partial charge in [-0.1, -0.05) is 13.3 Å². The van der Waals surface area contributed by atoms with Gasteiger partial charge in [0.15, 0.2) is 0 Å². The number of hydrogen-bond acceptors (Lipinski definition) is 3. The fourth-order valence-electron chi connectivity index (χ4n) is 1.88. The summed E-state index contributed by atoms with van der Waals surface area (Å²) >= 11 is 0. The van der Waals surface area contributed by atoms with Gasteiger partial charge in [0.1, 0.15) is 0 Å². The summed E-state index contributed by atoms with van der Waals surface area (Å²) in [5, 5.41) is 9.74. The number of aliphatic hydroxyl groups excluding tert-OH is 1. The number of hydrogen-bond donors (Lipinski definition) is 1. The third kappa shape index (κ3) is 3.95. The van der Waals surface area contributed by atoms with Crippen LogP contribution in [-0.4, -0.2) is 49.5 Å². The maximum Gasteiger partial charge on any atom is 0.0624 e. The van der Waals surface area contributed by atoms with Gasteiger partial charge in [-0.15, -0.1) is 0 Å². The van der Waals surface area contributed by atoms with Gasteiger partial charge < -0.3 is 14.7 Å². The molecule has 0 aliphatic carbocycles. The Hall–Kier alpha value is -0.120. The summed E-state index contributed by atoms with van der Waals surface area (Å²) in [4.78, 5) is 2.30. The number of rotatable bonds is 5. The van der Waals surface area contributed by atoms with Gasteiger partial charge in [0.2, 0.25) is 0 Å². The van der Waals surface area contributed by atoms with Gasteiger partial charge in [0.25, 0.3) is 0 Å². The Morgan fingerprint density at radius 2 is 2.29 bits per heavy atom. The van der Waals surface area contributed by atoms with E-state index in [1.54, 1.807) is 0 Å². The van der Waals surface area contributed by atoms with Crippen LogP contribution in [0.3, 0.4) is 0 Å². The first-order valence-corrected chi connectivity index (χ1v) is 5.68. The van der Waals surface area contributed by atoms with Crippen molar-refractivity contribution in [1.82, 2.24) is 4.90 Å². The molecule has 0 radical (unpaired) electrons. The fourth-order valence-corrected chi connectivity index (χ4v) is 1.88. The fraction of sp³-hybridized carbons (Fsp3) is 1.00. The largest absolute Gasteiger partial charge is 0.393 e. The van der Waals surface area contributed by atoms with Crippen LogP contribution in [0.15, 0.2) is 0 Å². The Morgan fingerprint density at radius 1 is 1.50 bits per heavy atom. The van der Waals surface area contributed by atoms with E-state index in [0.717, 1.165) is 32.7 Å². The van der Waals surface area contributed by atoms with Crippen LogP contribution in [0.25, 0.3) is 0 Å². The lowest BCUT2D eigenvalue weighted by molar-refractivity contribution is -0.0445. The maximum absolute atomic E-state index is 9.74. The normalized spacial score (nSPS) is 28.3. The van der Waals surface area contributed by atoms with E-state index >= 15 is 0 Å². The van der Waals surface area contributed by atoms with E-state index in [-0.39, 0.29) is 6.10 Å². The minimum atomic E-state index is -0.159. The number of unbranched alkanes of at least 4 members (excludes halogenated alkanes) is 1. The molecule has 0 amide bonds. The summed E-state index contributed by atoms with van der Waals surface area (Å²) < 4.78 is 5.37. The molecule has 3 heteroatoms. The Bertz CT molecular complexity index is 152. The summed E-state index contributed by atoms with van der Waals surface area (Å²) in [5.41, 5.74) is 0. The standard InChI is InChI=1S/C11H23NO2/c1-3-4-6-12(2)8-10-9-14-7-5-11(10)13/h10-11,13H,3-9H2,1-2H3. The van der Waals surface area contributed by atoms with Gasteiger partial charge in [-0.2, -0.15) is 0 Å². The zero-order valence-corrected chi connectivity index (χ0v) is 9.41. The zero-order chi connectivity index (χ0) is 10.4. The maximum atomic E-state index is 9.74. The molecule has 0 bridgehead atoms. The number of ether oxygens (including phenoxy) is 1. The average molecular weight is 201 g/mol. The molecule has 0 aromatic rings. The molecule has 0 aromatic heterocycles. The smallest absolute Gasteiger partial charge is 0.0624 e. The molecule has 84 valence electrons. The molecule has 1 aliphatic heterocycles. The molecule has 0 spiro atoms. The van der Waals surface area contributed by atoms with Crippen molar-refractivity contribution in [3.05, 3.63) is 0 Å². The van der Waals surface area contributed by atoms with E-state index in [2.05, 4.69) is 18.9 Å². The lowest BCUT2D eigenvalue weighted by Crippen LogP contribution is -2.39. The molecule has 2 unspecified atom stereocenters. The second-order valence-corrected chi connectivity index (χ2v) is 4.31. The van der Waals surface area contributed by atoms with E-state index in [4.69, 9.17) is 4.74 Å². The lowest BCUT2D eigenvalue weighted by atomic mass is 9.98. The van der Waals surface area contributed by atoms with Gasteiger partial charge in [-0.05, 0) is 26.4 Å². The Balaban J connectivity index is 2.20. The van der Waals surface area contributed by atoms with Crippen molar-refractivity contribution in [2.75, 3.05) is 33.4 Å². The summed E-state index contributed by atoms with van der Waals surface area (Å²) in [6.07, 6.45) is 3.10. The highest BCUT2D eigenvalue weighted by Gasteiger charge is 2.24. The Morgan fingerprint density at radius 3 is 2.93 bits per heavy atom. The van der Waals surface area contributed by atoms with Crippen molar-refractivity contribution in [2.24, 2.45) is 5.92 Å². The highest BCUT2D eigenvalue weighted by atomic mass is 16.5. The monoisotopic (exact) mass is 201 g/mol. The first kappa shape index (κ1) is 12.0. The third-order valence-electron chi connectivity index (χ3n) is 2.87. The van der Waals surface area contributed by atoms with E-state index in [1.165, 1.54) is 12.8 Å². The van der Waals surface area contributed by atoms with E-state index in [0.29, 0.717) is 5.92 Å². The van der Waals surface area contributed by atoms with E-state index < -0.39 is 0 Å². The van der Waals surface area contributed by atoms with Crippen LogP contribution in [0.5, 0.6) is 0 Å². The molecule has 0 saturated carbocycles. The Kier molecular flexibility index (Phi) is 5.45. The quantitative estimate of drug-likeness (QED) is 0.723. The summed E-state index contributed by atoms with van der Waals surface area (Å²) in [7, 11) is 2.12. The number of aliphatic hydroxyl groups is 1. The summed E-state index contributed by atoms with van der Waals surface area (Å²) in [6.45, 7) is 5.72. The molecular weight excluding hydrogens is 178 g/mol. The van der Waals surface area contributed by atoms with Crippen molar-refractivity contribution in [2.45, 2.75) is 32.3 Å². The second-order valence-electron chi connectivity index (χ2n) is 4.31. The van der Waals surface area contributed by atoms with Crippen LogP contribution in [0.2, 0.25) is 0 Å². The lowest BCUT2D eigenvalue weighted by Gasteiger charge is -2.31. The molecule has 1 N–H and O–H groups in total. The molecule has 1 saturated heterocycles. The third-order valence-corrected chi connectivity index (χ3v) is 2.87. The highest BCUT2D eigenvalue weighted by Crippen LogP contribution is 2.15. The predicted molar refractivity (Wildman–Crippen MR) is 57.3 cm³/mol. The molecule has 2 atom stereocenters. The van der Waals surface area contributed by atoms with Gasteiger partial charge >= 0.3 is 0 Å². The van der Waals surface area contributed by atoms with Crippen LogP contribution in [0.1, 0.15) is 26.2 Å². The molecule has 0 aromatic carbocycles. The summed E-state index contributed by atoms with van der Waals surface area (Å²) in [5.74, 6) is 0.311. The van der Waals surface area contributed by atoms with Gasteiger partial charge in [-0.25, -0.2) is 0 Å².